The third-order valence-electron chi connectivity index (χ3n) is 5.70. The van der Waals surface area contributed by atoms with Gasteiger partial charge in [0.25, 0.3) is 0 Å². The molecule has 0 bridgehead atoms. The maximum absolute atomic E-state index is 8.25. The van der Waals surface area contributed by atoms with Gasteiger partial charge in [-0.2, -0.15) is 10.2 Å². The summed E-state index contributed by atoms with van der Waals surface area (Å²) in [7, 11) is 0. The summed E-state index contributed by atoms with van der Waals surface area (Å²) >= 11 is 0. The first-order valence-electron chi connectivity index (χ1n) is 13.7. The van der Waals surface area contributed by atoms with Crippen LogP contribution in [-0.2, 0) is 37.7 Å². The average Bonchev–Trinajstić information content (AvgIpc) is 3.78. The summed E-state index contributed by atoms with van der Waals surface area (Å²) in [5, 5.41) is 44.6. The van der Waals surface area contributed by atoms with Gasteiger partial charge in [0.05, 0.1) is 21.6 Å². The molecule has 0 spiro atoms. The van der Waals surface area contributed by atoms with Gasteiger partial charge in [-0.25, -0.2) is 4.98 Å². The van der Waals surface area contributed by atoms with E-state index >= 15 is 0 Å². The van der Waals surface area contributed by atoms with Crippen LogP contribution in [0.5, 0.6) is 0 Å². The number of H-pyrrole nitrogens is 2. The third kappa shape index (κ3) is 19.8. The van der Waals surface area contributed by atoms with E-state index in [9.17, 15) is 0 Å². The van der Waals surface area contributed by atoms with E-state index in [4.69, 9.17) is 55.6 Å². The Morgan fingerprint density at radius 3 is 1.16 bits per heavy atom. The van der Waals surface area contributed by atoms with Gasteiger partial charge in [-0.1, -0.05) is 47.6 Å². The molecule has 2 aliphatic rings. The smallest absolute Gasteiger partial charge is 0.381 e. The van der Waals surface area contributed by atoms with Gasteiger partial charge in [-0.05, 0) is 49.9 Å². The monoisotopic (exact) mass is 673 g/mol. The molecule has 2 aliphatic heterocycles. The van der Waals surface area contributed by atoms with Crippen LogP contribution in [0.3, 0.4) is 0 Å². The first-order valence-corrected chi connectivity index (χ1v) is 13.7. The quantitative estimate of drug-likeness (QED) is 0.265. The molecule has 0 amide bonds. The molecule has 0 saturated carbocycles. The summed E-state index contributed by atoms with van der Waals surface area (Å²) in [5.41, 5.74) is 11.4. The number of ether oxygens (including phenoxy) is 2. The van der Waals surface area contributed by atoms with Crippen molar-refractivity contribution in [2.24, 2.45) is 0 Å². The van der Waals surface area contributed by atoms with Crippen molar-refractivity contribution in [3.05, 3.63) is 77.3 Å². The maximum atomic E-state index is 8.25. The van der Waals surface area contributed by atoms with E-state index in [1.807, 2.05) is 18.2 Å². The zero-order chi connectivity index (χ0) is 33.8. The second-order valence-electron chi connectivity index (χ2n) is 11.3. The first-order chi connectivity index (χ1) is 20.6. The van der Waals surface area contributed by atoms with Crippen molar-refractivity contribution in [3.8, 4) is 22.8 Å². The summed E-state index contributed by atoms with van der Waals surface area (Å²) in [6.45, 7) is 17.0. The fraction of sp³-hybridized carbons (Fsp3) is 0.593. The van der Waals surface area contributed by atoms with Gasteiger partial charge in [-0.3, -0.25) is 10.2 Å². The second kappa shape index (κ2) is 22.5. The van der Waals surface area contributed by atoms with Crippen molar-refractivity contribution < 1.29 is 37.0 Å². The fourth-order valence-corrected chi connectivity index (χ4v) is 3.41. The molecule has 0 aromatic carbocycles. The SMILES string of the molecule is C1CCOC1.C1CCOC1.CC(C)(C)c1cc(-c2cccc(-c3cc(C(C)(C)C)[nH]n3)n2)n[nH]1.O=[N+]([O-])[O-].O=[N+]([O-])[O-].[Cr+2].[N]=O. The fourth-order valence-electron chi connectivity index (χ4n) is 3.41. The van der Waals surface area contributed by atoms with Crippen LogP contribution in [0.4, 0.5) is 0 Å². The zero-order valence-corrected chi connectivity index (χ0v) is 27.6. The molecule has 3 aromatic heterocycles. The number of nitrogens with zero attached hydrogens (tertiary/aromatic N) is 6. The number of pyridine rings is 1. The number of aromatic amines is 2. The van der Waals surface area contributed by atoms with Gasteiger partial charge in [0.15, 0.2) is 0 Å². The molecule has 2 saturated heterocycles. The Labute approximate surface area is 272 Å². The minimum Gasteiger partial charge on any atom is -0.381 e. The molecular weight excluding hydrogens is 632 g/mol. The summed E-state index contributed by atoms with van der Waals surface area (Å²) in [6, 6.07) is 10.1. The molecule has 3 aromatic rings. The number of aromatic nitrogens is 5. The van der Waals surface area contributed by atoms with Gasteiger partial charge in [0, 0.05) is 48.6 Å². The van der Waals surface area contributed by atoms with Crippen LogP contribution in [0.2, 0.25) is 0 Å². The van der Waals surface area contributed by atoms with Gasteiger partial charge in [0.1, 0.15) is 17.0 Å². The van der Waals surface area contributed by atoms with Crippen molar-refractivity contribution in [3.63, 3.8) is 0 Å². The Hall–Kier alpha value is -3.98. The van der Waals surface area contributed by atoms with Gasteiger partial charge in [0.2, 0.25) is 0 Å². The average molecular weight is 674 g/mol. The van der Waals surface area contributed by atoms with Crippen molar-refractivity contribution in [1.29, 1.82) is 0 Å². The van der Waals surface area contributed by atoms with Crippen LogP contribution in [0.15, 0.2) is 30.3 Å². The topological polar surface area (TPSA) is 260 Å². The Bertz CT molecular complexity index is 1120. The summed E-state index contributed by atoms with van der Waals surface area (Å²) in [5.74, 6) is 0. The molecule has 249 valence electrons. The van der Waals surface area contributed by atoms with Crippen LogP contribution >= 0.6 is 0 Å². The molecule has 0 aliphatic carbocycles. The van der Waals surface area contributed by atoms with E-state index in [0.717, 1.165) is 60.6 Å². The number of nitroso groups, excluding NO2 is 1. The molecule has 5 heterocycles. The van der Waals surface area contributed by atoms with Crippen molar-refractivity contribution in [2.75, 3.05) is 26.4 Å². The van der Waals surface area contributed by atoms with Crippen molar-refractivity contribution >= 4 is 0 Å². The first kappa shape index (κ1) is 43.2. The second-order valence-corrected chi connectivity index (χ2v) is 11.3. The zero-order valence-electron chi connectivity index (χ0n) is 26.3. The van der Waals surface area contributed by atoms with Gasteiger partial charge >= 0.3 is 17.4 Å². The Morgan fingerprint density at radius 2 is 0.956 bits per heavy atom. The minimum atomic E-state index is -1.75. The molecule has 45 heavy (non-hydrogen) atoms. The van der Waals surface area contributed by atoms with Gasteiger partial charge in [-0.15, -0.1) is 4.91 Å². The molecule has 2 fully saturated rings. The summed E-state index contributed by atoms with van der Waals surface area (Å²) in [6.07, 6.45) is 5.11. The molecule has 1 radical (unpaired) electrons. The number of hydrogen-bond acceptors (Lipinski definition) is 12. The predicted molar refractivity (Wildman–Crippen MR) is 163 cm³/mol. The van der Waals surface area contributed by atoms with E-state index in [0.29, 0.717) is 0 Å². The minimum absolute atomic E-state index is 0. The predicted octanol–water partition coefficient (Wildman–Crippen LogP) is 5.12. The van der Waals surface area contributed by atoms with Crippen LogP contribution in [0.25, 0.3) is 22.8 Å². The van der Waals surface area contributed by atoms with E-state index < -0.39 is 10.2 Å². The number of rotatable bonds is 2. The molecule has 17 nitrogen and oxygen atoms in total. The van der Waals surface area contributed by atoms with E-state index in [1.165, 1.54) is 25.7 Å². The van der Waals surface area contributed by atoms with Crippen LogP contribution < -0.4 is 5.59 Å². The van der Waals surface area contributed by atoms with Crippen molar-refractivity contribution in [2.45, 2.75) is 78.1 Å². The van der Waals surface area contributed by atoms with E-state index in [1.54, 1.807) is 0 Å². The summed E-state index contributed by atoms with van der Waals surface area (Å²) in [4.78, 5) is 28.5. The standard InChI is InChI=1S/C19H25N5.2C4H8O.Cr.2NO3.NO/c1-18(2,3)16-10-14(21-23-16)12-8-7-9-13(20-12)15-11-17(24-22-15)19(4,5)6;2*1-2-4-5-3-1;;2*2-1(3)4;1-2/h7-11H,1-6H3,(H,21,23)(H,22,24);2*1-4H2;;;;/q;;;+2;2*-1;. The Morgan fingerprint density at radius 1 is 0.667 bits per heavy atom. The van der Waals surface area contributed by atoms with E-state index in [-0.39, 0.29) is 28.2 Å². The number of hydrogen-bond donors (Lipinski definition) is 2. The maximum Gasteiger partial charge on any atom is 2.00 e. The van der Waals surface area contributed by atoms with Crippen LogP contribution in [0, 0.1) is 35.6 Å². The number of nitrogens with one attached hydrogen (secondary N) is 2. The molecule has 0 atom stereocenters. The van der Waals surface area contributed by atoms with Crippen molar-refractivity contribution in [1.82, 2.24) is 31.0 Å². The van der Waals surface area contributed by atoms with Crippen LogP contribution in [-0.4, -0.2) is 62.0 Å². The normalized spacial score (nSPS) is 13.2. The third-order valence-corrected chi connectivity index (χ3v) is 5.70. The molecule has 5 rings (SSSR count). The molecule has 2 N–H and O–H groups in total. The molecule has 18 heteroatoms. The van der Waals surface area contributed by atoms with E-state index in [2.05, 4.69) is 74.1 Å². The van der Waals surface area contributed by atoms with Crippen LogP contribution in [0.1, 0.15) is 78.6 Å². The molecular formula is C27H41CrN8O9. The summed E-state index contributed by atoms with van der Waals surface area (Å²) < 4.78 is 9.89. The molecule has 0 unspecified atom stereocenters. The van der Waals surface area contributed by atoms with Gasteiger partial charge < -0.3 is 40.1 Å². The Balaban J connectivity index is 0. The Kier molecular flexibility index (Phi) is 21.6. The largest absolute Gasteiger partial charge is 2.00 e.